The summed E-state index contributed by atoms with van der Waals surface area (Å²) in [5.41, 5.74) is 0.573. The molecule has 3 rings (SSSR count). The lowest BCUT2D eigenvalue weighted by molar-refractivity contribution is -0.137. The third kappa shape index (κ3) is 4.85. The summed E-state index contributed by atoms with van der Waals surface area (Å²) in [5, 5.41) is 11.5. The Bertz CT molecular complexity index is 1110. The largest absolute Gasteiger partial charge is 0.416 e. The van der Waals surface area contributed by atoms with E-state index in [9.17, 15) is 21.6 Å². The molecular weight excluding hydrogens is 419 g/mol. The van der Waals surface area contributed by atoms with Gasteiger partial charge in [0.15, 0.2) is 15.7 Å². The molecular formula is C19H20F3N5O2S. The number of benzene rings is 2. The molecule has 160 valence electrons. The summed E-state index contributed by atoms with van der Waals surface area (Å²) in [7, 11) is -1.42. The van der Waals surface area contributed by atoms with E-state index < -0.39 is 21.6 Å². The number of hydrogen-bond acceptors (Lipinski definition) is 6. The zero-order chi connectivity index (χ0) is 22.1. The smallest absolute Gasteiger partial charge is 0.292 e. The Labute approximate surface area is 172 Å². The van der Waals surface area contributed by atoms with Crippen LogP contribution in [0.5, 0.6) is 0 Å². The minimum atomic E-state index is -4.41. The van der Waals surface area contributed by atoms with E-state index in [-0.39, 0.29) is 10.9 Å². The van der Waals surface area contributed by atoms with Gasteiger partial charge in [-0.2, -0.15) is 17.9 Å². The summed E-state index contributed by atoms with van der Waals surface area (Å²) < 4.78 is 62.9. The third-order valence-corrected chi connectivity index (χ3v) is 5.94. The number of halogens is 3. The Hall–Kier alpha value is -2.79. The van der Waals surface area contributed by atoms with Crippen LogP contribution < -0.4 is 0 Å². The summed E-state index contributed by atoms with van der Waals surface area (Å²) in [6.07, 6.45) is -3.26. The second-order valence-corrected chi connectivity index (χ2v) is 9.00. The number of nitrogens with zero attached hydrogens (tertiary/aromatic N) is 5. The van der Waals surface area contributed by atoms with Gasteiger partial charge in [0.05, 0.1) is 22.7 Å². The maximum absolute atomic E-state index is 12.8. The fourth-order valence-corrected chi connectivity index (χ4v) is 3.53. The molecule has 7 nitrogen and oxygen atoms in total. The monoisotopic (exact) mass is 439 g/mol. The zero-order valence-corrected chi connectivity index (χ0v) is 17.3. The van der Waals surface area contributed by atoms with Gasteiger partial charge in [0.25, 0.3) is 0 Å². The first-order valence-electron chi connectivity index (χ1n) is 8.92. The molecule has 0 fully saturated rings. The van der Waals surface area contributed by atoms with E-state index in [4.69, 9.17) is 0 Å². The van der Waals surface area contributed by atoms with Crippen LogP contribution in [0.2, 0.25) is 0 Å². The molecule has 1 atom stereocenters. The third-order valence-electron chi connectivity index (χ3n) is 4.82. The highest BCUT2D eigenvalue weighted by Gasteiger charge is 2.30. The van der Waals surface area contributed by atoms with E-state index in [1.807, 2.05) is 18.9 Å². The van der Waals surface area contributed by atoms with Crippen LogP contribution >= 0.6 is 0 Å². The van der Waals surface area contributed by atoms with E-state index >= 15 is 0 Å². The minimum Gasteiger partial charge on any atom is -0.292 e. The van der Waals surface area contributed by atoms with Gasteiger partial charge in [-0.25, -0.2) is 8.42 Å². The molecule has 30 heavy (non-hydrogen) atoms. The van der Waals surface area contributed by atoms with Crippen LogP contribution in [0.15, 0.2) is 53.4 Å². The number of hydrogen-bond donors (Lipinski definition) is 0. The predicted octanol–water partition coefficient (Wildman–Crippen LogP) is 3.28. The van der Waals surface area contributed by atoms with E-state index in [1.165, 1.54) is 16.8 Å². The van der Waals surface area contributed by atoms with Gasteiger partial charge in [-0.1, -0.05) is 12.1 Å². The topological polar surface area (TPSA) is 81.0 Å². The molecule has 11 heteroatoms. The number of sulfone groups is 1. The van der Waals surface area contributed by atoms with Crippen molar-refractivity contribution in [2.45, 2.75) is 30.6 Å². The zero-order valence-electron chi connectivity index (χ0n) is 16.5. The molecule has 0 bridgehead atoms. The van der Waals surface area contributed by atoms with Crippen molar-refractivity contribution in [2.75, 3.05) is 13.3 Å². The van der Waals surface area contributed by atoms with Crippen molar-refractivity contribution >= 4 is 9.84 Å². The van der Waals surface area contributed by atoms with Crippen LogP contribution in [0.1, 0.15) is 29.9 Å². The number of rotatable bonds is 6. The average molecular weight is 439 g/mol. The SMILES string of the molecule is CC(c1ccc(S(C)(=O)=O)cc1)N(C)Cc1nnnn1-c1ccc(C(F)(F)F)cc1. The van der Waals surface area contributed by atoms with Gasteiger partial charge in [0.2, 0.25) is 0 Å². The highest BCUT2D eigenvalue weighted by Crippen LogP contribution is 2.29. The average Bonchev–Trinajstić information content (AvgIpc) is 3.14. The lowest BCUT2D eigenvalue weighted by atomic mass is 10.1. The lowest BCUT2D eigenvalue weighted by Gasteiger charge is -2.24. The summed E-state index contributed by atoms with van der Waals surface area (Å²) >= 11 is 0. The van der Waals surface area contributed by atoms with Crippen molar-refractivity contribution in [3.05, 3.63) is 65.5 Å². The number of aromatic nitrogens is 4. The van der Waals surface area contributed by atoms with Crippen LogP contribution in [0.25, 0.3) is 5.69 Å². The van der Waals surface area contributed by atoms with Gasteiger partial charge in [0, 0.05) is 12.3 Å². The highest BCUT2D eigenvalue weighted by atomic mass is 32.2. The van der Waals surface area contributed by atoms with Gasteiger partial charge in [-0.05, 0) is 66.4 Å². The first-order valence-corrected chi connectivity index (χ1v) is 10.8. The Morgan fingerprint density at radius 1 is 1.07 bits per heavy atom. The maximum atomic E-state index is 12.8. The second-order valence-electron chi connectivity index (χ2n) is 6.98. The normalized spacial score (nSPS) is 13.6. The van der Waals surface area contributed by atoms with Crippen molar-refractivity contribution in [2.24, 2.45) is 0 Å². The fraction of sp³-hybridized carbons (Fsp3) is 0.316. The van der Waals surface area contributed by atoms with Gasteiger partial charge in [-0.15, -0.1) is 5.10 Å². The van der Waals surface area contributed by atoms with E-state index in [0.717, 1.165) is 24.0 Å². The Morgan fingerprint density at radius 3 is 2.20 bits per heavy atom. The van der Waals surface area contributed by atoms with Crippen molar-refractivity contribution in [3.63, 3.8) is 0 Å². The minimum absolute atomic E-state index is 0.0867. The first-order chi connectivity index (χ1) is 14.0. The molecule has 2 aromatic carbocycles. The predicted molar refractivity (Wildman–Crippen MR) is 104 cm³/mol. The van der Waals surface area contributed by atoms with Crippen molar-refractivity contribution in [1.82, 2.24) is 25.1 Å². The summed E-state index contributed by atoms with van der Waals surface area (Å²) in [4.78, 5) is 2.19. The standard InChI is InChI=1S/C19H20F3N5O2S/c1-13(14-4-10-17(11-5-14)30(3,28)29)26(2)12-18-23-24-25-27(18)16-8-6-15(7-9-16)19(20,21)22/h4-11,13H,12H2,1-3H3. The number of alkyl halides is 3. The summed E-state index contributed by atoms with van der Waals surface area (Å²) in [6, 6.07) is 11.1. The quantitative estimate of drug-likeness (QED) is 0.586. The van der Waals surface area contributed by atoms with E-state index in [0.29, 0.717) is 18.1 Å². The van der Waals surface area contributed by atoms with E-state index in [1.54, 1.807) is 24.3 Å². The van der Waals surface area contributed by atoms with Crippen LogP contribution in [0.4, 0.5) is 13.2 Å². The molecule has 0 aliphatic carbocycles. The molecule has 0 N–H and O–H groups in total. The molecule has 0 radical (unpaired) electrons. The molecule has 0 spiro atoms. The van der Waals surface area contributed by atoms with Crippen LogP contribution in [0, 0.1) is 0 Å². The molecule has 1 heterocycles. The van der Waals surface area contributed by atoms with Crippen molar-refractivity contribution in [1.29, 1.82) is 0 Å². The molecule has 0 amide bonds. The molecule has 3 aromatic rings. The Kier molecular flexibility index (Phi) is 5.95. The molecule has 1 unspecified atom stereocenters. The highest BCUT2D eigenvalue weighted by molar-refractivity contribution is 7.90. The number of tetrazole rings is 1. The van der Waals surface area contributed by atoms with Gasteiger partial charge < -0.3 is 0 Å². The van der Waals surface area contributed by atoms with Crippen molar-refractivity contribution in [3.8, 4) is 5.69 Å². The molecule has 0 saturated carbocycles. The summed E-state index contributed by atoms with van der Waals surface area (Å²) in [6.45, 7) is 2.27. The maximum Gasteiger partial charge on any atom is 0.416 e. The first kappa shape index (κ1) is 21.9. The summed E-state index contributed by atoms with van der Waals surface area (Å²) in [5.74, 6) is 0.455. The van der Waals surface area contributed by atoms with Gasteiger partial charge in [-0.3, -0.25) is 4.90 Å². The van der Waals surface area contributed by atoms with Gasteiger partial charge >= 0.3 is 6.18 Å². The lowest BCUT2D eigenvalue weighted by Crippen LogP contribution is -2.24. The molecule has 0 aliphatic heterocycles. The second kappa shape index (κ2) is 8.15. The van der Waals surface area contributed by atoms with Crippen LogP contribution in [-0.4, -0.2) is 46.8 Å². The van der Waals surface area contributed by atoms with Crippen LogP contribution in [-0.2, 0) is 22.6 Å². The molecule has 0 saturated heterocycles. The Morgan fingerprint density at radius 2 is 1.67 bits per heavy atom. The van der Waals surface area contributed by atoms with Gasteiger partial charge in [0.1, 0.15) is 0 Å². The van der Waals surface area contributed by atoms with Crippen molar-refractivity contribution < 1.29 is 21.6 Å². The van der Waals surface area contributed by atoms with Crippen LogP contribution in [0.3, 0.4) is 0 Å². The molecule has 0 aliphatic rings. The van der Waals surface area contributed by atoms with E-state index in [2.05, 4.69) is 15.5 Å². The Balaban J connectivity index is 1.77. The molecule has 1 aromatic heterocycles. The fourth-order valence-electron chi connectivity index (χ4n) is 2.90.